The van der Waals surface area contributed by atoms with Crippen LogP contribution in [0.5, 0.6) is 0 Å². The van der Waals surface area contributed by atoms with Crippen molar-refractivity contribution in [3.05, 3.63) is 28.3 Å². The van der Waals surface area contributed by atoms with Crippen LogP contribution >= 0.6 is 11.6 Å². The van der Waals surface area contributed by atoms with E-state index >= 15 is 0 Å². The number of anilines is 1. The normalized spacial score (nSPS) is 8.93. The summed E-state index contributed by atoms with van der Waals surface area (Å²) in [7, 11) is 0. The van der Waals surface area contributed by atoms with Crippen molar-refractivity contribution < 1.29 is 0 Å². The maximum absolute atomic E-state index is 7.40. The maximum Gasteiger partial charge on any atom is 0.0671 e. The molecule has 0 aliphatic rings. The fourth-order valence-electron chi connectivity index (χ4n) is 1.03. The Balaban J connectivity index is 0.000000791. The Labute approximate surface area is 90.6 Å². The topological polar surface area (TPSA) is 49.9 Å². The first-order chi connectivity index (χ1) is 6.54. The molecule has 78 valence electrons. The standard InChI is InChI=1S/C9H11ClN2.C2H6/c1-5-3-4-7(6(2)11)9(12)8(5)10;1-2/h3-4,11H,12H2,1-2H3;1-2H3. The zero-order chi connectivity index (χ0) is 11.3. The summed E-state index contributed by atoms with van der Waals surface area (Å²) in [5.41, 5.74) is 8.31. The zero-order valence-electron chi connectivity index (χ0n) is 9.11. The Bertz CT molecular complexity index is 332. The smallest absolute Gasteiger partial charge is 0.0671 e. The highest BCUT2D eigenvalue weighted by atomic mass is 35.5. The highest BCUT2D eigenvalue weighted by Gasteiger charge is 2.06. The summed E-state index contributed by atoms with van der Waals surface area (Å²) in [5.74, 6) is 0. The highest BCUT2D eigenvalue weighted by molar-refractivity contribution is 6.34. The van der Waals surface area contributed by atoms with E-state index in [-0.39, 0.29) is 0 Å². The summed E-state index contributed by atoms with van der Waals surface area (Å²) < 4.78 is 0. The molecule has 0 radical (unpaired) electrons. The molecule has 0 fully saturated rings. The van der Waals surface area contributed by atoms with Crippen LogP contribution in [0.2, 0.25) is 5.02 Å². The molecule has 3 N–H and O–H groups in total. The average Bonchev–Trinajstić information content (AvgIpc) is 2.17. The molecule has 14 heavy (non-hydrogen) atoms. The van der Waals surface area contributed by atoms with Gasteiger partial charge in [-0.15, -0.1) is 0 Å². The molecular weight excluding hydrogens is 196 g/mol. The lowest BCUT2D eigenvalue weighted by atomic mass is 10.1. The molecule has 0 atom stereocenters. The largest absolute Gasteiger partial charge is 0.397 e. The van der Waals surface area contributed by atoms with E-state index in [1.54, 1.807) is 6.92 Å². The molecule has 0 aliphatic heterocycles. The van der Waals surface area contributed by atoms with Crippen molar-refractivity contribution in [1.82, 2.24) is 0 Å². The van der Waals surface area contributed by atoms with Gasteiger partial charge in [0.25, 0.3) is 0 Å². The summed E-state index contributed by atoms with van der Waals surface area (Å²) in [5, 5.41) is 7.96. The van der Waals surface area contributed by atoms with Crippen LogP contribution < -0.4 is 5.73 Å². The van der Waals surface area contributed by atoms with Gasteiger partial charge in [0.05, 0.1) is 10.7 Å². The van der Waals surface area contributed by atoms with E-state index < -0.39 is 0 Å². The molecule has 2 nitrogen and oxygen atoms in total. The predicted octanol–water partition coefficient (Wildman–Crippen LogP) is 3.64. The second-order valence-electron chi connectivity index (χ2n) is 2.78. The molecule has 1 aromatic rings. The molecule has 0 spiro atoms. The van der Waals surface area contributed by atoms with Crippen LogP contribution in [-0.2, 0) is 0 Å². The van der Waals surface area contributed by atoms with E-state index in [9.17, 15) is 0 Å². The molecular formula is C11H17ClN2. The first-order valence-corrected chi connectivity index (χ1v) is 5.02. The van der Waals surface area contributed by atoms with Crippen LogP contribution in [0.1, 0.15) is 31.9 Å². The highest BCUT2D eigenvalue weighted by Crippen LogP contribution is 2.26. The van der Waals surface area contributed by atoms with Crippen molar-refractivity contribution in [2.24, 2.45) is 0 Å². The molecule has 0 aliphatic carbocycles. The van der Waals surface area contributed by atoms with Crippen molar-refractivity contribution in [3.8, 4) is 0 Å². The van der Waals surface area contributed by atoms with Gasteiger partial charge in [-0.25, -0.2) is 0 Å². The van der Waals surface area contributed by atoms with Crippen molar-refractivity contribution >= 4 is 23.0 Å². The second-order valence-corrected chi connectivity index (χ2v) is 3.16. The van der Waals surface area contributed by atoms with Crippen molar-refractivity contribution in [3.63, 3.8) is 0 Å². The minimum Gasteiger partial charge on any atom is -0.397 e. The summed E-state index contributed by atoms with van der Waals surface area (Å²) in [6.07, 6.45) is 0. The van der Waals surface area contributed by atoms with Crippen LogP contribution in [0.15, 0.2) is 12.1 Å². The molecule has 0 saturated heterocycles. The molecule has 0 unspecified atom stereocenters. The zero-order valence-corrected chi connectivity index (χ0v) is 9.87. The Hall–Kier alpha value is -1.02. The van der Waals surface area contributed by atoms with Gasteiger partial charge in [-0.05, 0) is 19.4 Å². The number of benzene rings is 1. The number of nitrogens with two attached hydrogens (primary N) is 1. The number of nitrogen functional groups attached to an aromatic ring is 1. The van der Waals surface area contributed by atoms with Gasteiger partial charge >= 0.3 is 0 Å². The minimum atomic E-state index is 0.439. The van der Waals surface area contributed by atoms with Crippen LogP contribution in [0.3, 0.4) is 0 Å². The van der Waals surface area contributed by atoms with Crippen molar-refractivity contribution in [2.45, 2.75) is 27.7 Å². The van der Waals surface area contributed by atoms with Crippen molar-refractivity contribution in [1.29, 1.82) is 5.41 Å². The average molecular weight is 213 g/mol. The molecule has 3 heteroatoms. The lowest BCUT2D eigenvalue weighted by molar-refractivity contribution is 1.42. The van der Waals surface area contributed by atoms with Crippen LogP contribution in [0.25, 0.3) is 0 Å². The van der Waals surface area contributed by atoms with E-state index in [0.717, 1.165) is 5.56 Å². The summed E-state index contributed by atoms with van der Waals surface area (Å²) in [6, 6.07) is 3.69. The number of aryl methyl sites for hydroxylation is 1. The Kier molecular flexibility index (Phi) is 5.24. The molecule has 0 aromatic heterocycles. The summed E-state index contributed by atoms with van der Waals surface area (Å²) >= 11 is 5.91. The molecule has 0 amide bonds. The van der Waals surface area contributed by atoms with Gasteiger partial charge in [0.2, 0.25) is 0 Å². The van der Waals surface area contributed by atoms with E-state index in [2.05, 4.69) is 0 Å². The third-order valence-corrected chi connectivity index (χ3v) is 2.28. The minimum absolute atomic E-state index is 0.439. The third-order valence-electron chi connectivity index (χ3n) is 1.78. The SMILES string of the molecule is CC.CC(=N)c1ccc(C)c(Cl)c1N. The third kappa shape index (κ3) is 2.74. The number of rotatable bonds is 1. The molecule has 0 heterocycles. The number of halogens is 1. The van der Waals surface area contributed by atoms with Gasteiger partial charge in [0.1, 0.15) is 0 Å². The molecule has 0 saturated carbocycles. The fraction of sp³-hybridized carbons (Fsp3) is 0.364. The van der Waals surface area contributed by atoms with Crippen molar-refractivity contribution in [2.75, 3.05) is 5.73 Å². The van der Waals surface area contributed by atoms with Crippen LogP contribution in [0, 0.1) is 12.3 Å². The number of hydrogen-bond acceptors (Lipinski definition) is 2. The monoisotopic (exact) mass is 212 g/mol. The first-order valence-electron chi connectivity index (χ1n) is 4.64. The summed E-state index contributed by atoms with van der Waals surface area (Å²) in [6.45, 7) is 7.58. The van der Waals surface area contributed by atoms with Gasteiger partial charge in [-0.1, -0.05) is 37.6 Å². The van der Waals surface area contributed by atoms with E-state index in [1.165, 1.54) is 0 Å². The van der Waals surface area contributed by atoms with Crippen LogP contribution in [-0.4, -0.2) is 5.71 Å². The van der Waals surface area contributed by atoms with Gasteiger partial charge in [0, 0.05) is 11.3 Å². The number of nitrogens with one attached hydrogen (secondary N) is 1. The molecule has 0 bridgehead atoms. The fourth-order valence-corrected chi connectivity index (χ4v) is 1.19. The quantitative estimate of drug-likeness (QED) is 0.542. The predicted molar refractivity (Wildman–Crippen MR) is 64.5 cm³/mol. The Morgan fingerprint density at radius 3 is 2.29 bits per heavy atom. The molecule has 1 aromatic carbocycles. The Morgan fingerprint density at radius 2 is 1.86 bits per heavy atom. The van der Waals surface area contributed by atoms with E-state index in [4.69, 9.17) is 22.7 Å². The van der Waals surface area contributed by atoms with E-state index in [0.29, 0.717) is 22.0 Å². The van der Waals surface area contributed by atoms with Gasteiger partial charge in [0.15, 0.2) is 0 Å². The van der Waals surface area contributed by atoms with Gasteiger partial charge < -0.3 is 11.1 Å². The van der Waals surface area contributed by atoms with E-state index in [1.807, 2.05) is 32.9 Å². The maximum atomic E-state index is 7.40. The first kappa shape index (κ1) is 13.0. The van der Waals surface area contributed by atoms with Gasteiger partial charge in [-0.3, -0.25) is 0 Å². The summed E-state index contributed by atoms with van der Waals surface area (Å²) in [4.78, 5) is 0. The second kappa shape index (κ2) is 5.66. The Morgan fingerprint density at radius 1 is 1.36 bits per heavy atom. The van der Waals surface area contributed by atoms with Gasteiger partial charge in [-0.2, -0.15) is 0 Å². The number of hydrogen-bond donors (Lipinski definition) is 2. The molecule has 1 rings (SSSR count). The lowest BCUT2D eigenvalue weighted by Crippen LogP contribution is -2.00. The lowest BCUT2D eigenvalue weighted by Gasteiger charge is -2.07. The van der Waals surface area contributed by atoms with Crippen LogP contribution in [0.4, 0.5) is 5.69 Å².